The Morgan fingerprint density at radius 3 is 1.68 bits per heavy atom. The molecule has 0 bridgehead atoms. The molecule has 0 fully saturated rings. The summed E-state index contributed by atoms with van der Waals surface area (Å²) in [6.45, 7) is 9.11. The number of benzene rings is 4. The Balaban J connectivity index is 0.000000266. The van der Waals surface area contributed by atoms with E-state index >= 15 is 0 Å². The van der Waals surface area contributed by atoms with E-state index in [-0.39, 0.29) is 16.7 Å². The zero-order valence-electron chi connectivity index (χ0n) is 30.3. The Morgan fingerprint density at radius 1 is 0.667 bits per heavy atom. The second-order valence-electron chi connectivity index (χ2n) is 10.4. The Labute approximate surface area is 400 Å². The van der Waals surface area contributed by atoms with E-state index in [2.05, 4.69) is 45.2 Å². The van der Waals surface area contributed by atoms with Gasteiger partial charge in [0.25, 0.3) is 5.91 Å². The molecule has 300 valence electrons. The third-order valence-corrected chi connectivity index (χ3v) is 12.4. The van der Waals surface area contributed by atoms with Gasteiger partial charge in [0.05, 0.1) is 56.5 Å². The van der Waals surface area contributed by atoms with Gasteiger partial charge in [-0.2, -0.15) is 15.8 Å². The number of amides is 1. The summed E-state index contributed by atoms with van der Waals surface area (Å²) in [5, 5.41) is 26.8. The van der Waals surface area contributed by atoms with Crippen LogP contribution >= 0.6 is 124 Å². The van der Waals surface area contributed by atoms with E-state index in [1.54, 1.807) is 57.2 Å². The number of hydrogen-bond acceptors (Lipinski definition) is 10. The summed E-state index contributed by atoms with van der Waals surface area (Å²) in [7, 11) is 0. The molecule has 10 nitrogen and oxygen atoms in total. The number of carbonyl (C=O) groups is 1. The van der Waals surface area contributed by atoms with Gasteiger partial charge >= 0.3 is 0 Å². The fraction of sp³-hybridized carbons (Fsp3) is 0.211. The highest BCUT2D eigenvalue weighted by atomic mass is 127. The standard InChI is InChI=1S/C11H10I2N2O2S.C9H6FI2NO.C9H7FINO.C9H8FNO/c1-2-17-8-4(12)3-5(13)9-6(8)7(14)10(18-9)11(15)16;1-2-14-9-5(4-13)8(10)6(11)3-7(9)12;1-2-13-8-4-3-7(11)9(10)6(8)5-12;1-2-12-9-5-3-4-8(10)7(9)6-11/h3H,2,14H2,1H3,(H2,15,16);3H,2H2,1H3;3-4H,2H2,1H3;3-5H,2H2,1H3. The highest BCUT2D eigenvalue weighted by molar-refractivity contribution is 14.1. The van der Waals surface area contributed by atoms with Crippen molar-refractivity contribution in [2.24, 2.45) is 5.73 Å². The Hall–Kier alpha value is -2.78. The summed E-state index contributed by atoms with van der Waals surface area (Å²) in [5.41, 5.74) is 11.7. The van der Waals surface area contributed by atoms with Crippen molar-refractivity contribution in [1.82, 2.24) is 0 Å². The van der Waals surface area contributed by atoms with E-state index in [0.29, 0.717) is 61.4 Å². The average Bonchev–Trinajstić information content (AvgIpc) is 3.53. The maximum absolute atomic E-state index is 13.5. The Kier molecular flexibility index (Phi) is 22.1. The maximum Gasteiger partial charge on any atom is 0.260 e. The molecule has 0 saturated carbocycles. The molecule has 0 aliphatic rings. The predicted octanol–water partition coefficient (Wildman–Crippen LogP) is 11.3. The van der Waals surface area contributed by atoms with Crippen LogP contribution in [-0.2, 0) is 0 Å². The number of nitrogens with zero attached hydrogens (tertiary/aromatic N) is 3. The third kappa shape index (κ3) is 13.4. The number of ether oxygens (including phenoxy) is 4. The van der Waals surface area contributed by atoms with Gasteiger partial charge in [-0.1, -0.05) is 6.07 Å². The number of primary amides is 1. The summed E-state index contributed by atoms with van der Waals surface area (Å²) in [6, 6.07) is 16.5. The molecular formula is C38H31F3I5N5O5S. The topological polar surface area (TPSA) is 177 Å². The van der Waals surface area contributed by atoms with Gasteiger partial charge in [-0.15, -0.1) is 11.3 Å². The molecule has 4 aromatic carbocycles. The van der Waals surface area contributed by atoms with E-state index in [4.69, 9.17) is 46.2 Å². The first kappa shape index (κ1) is 50.4. The molecule has 57 heavy (non-hydrogen) atoms. The predicted molar refractivity (Wildman–Crippen MR) is 256 cm³/mol. The summed E-state index contributed by atoms with van der Waals surface area (Å²) >= 11 is 11.5. The van der Waals surface area contributed by atoms with Crippen LogP contribution in [0.4, 0.5) is 18.9 Å². The smallest absolute Gasteiger partial charge is 0.260 e. The van der Waals surface area contributed by atoms with Gasteiger partial charge < -0.3 is 30.4 Å². The fourth-order valence-corrected chi connectivity index (χ4v) is 10.0. The van der Waals surface area contributed by atoms with E-state index < -0.39 is 23.4 Å². The number of fused-ring (bicyclic) bond motifs is 1. The first-order valence-electron chi connectivity index (χ1n) is 16.2. The number of rotatable bonds is 9. The normalized spacial score (nSPS) is 9.84. The number of nitrogens with two attached hydrogens (primary N) is 2. The molecule has 1 aromatic heterocycles. The number of halogens is 8. The minimum absolute atomic E-state index is 0.0110. The second-order valence-corrected chi connectivity index (χ2v) is 17.2. The highest BCUT2D eigenvalue weighted by Crippen LogP contribution is 2.44. The van der Waals surface area contributed by atoms with Crippen LogP contribution in [-0.4, -0.2) is 32.3 Å². The third-order valence-electron chi connectivity index (χ3n) is 6.75. The molecular weight excluding hydrogens is 1330 g/mol. The van der Waals surface area contributed by atoms with Gasteiger partial charge in [0, 0.05) is 3.57 Å². The highest BCUT2D eigenvalue weighted by Gasteiger charge is 2.21. The van der Waals surface area contributed by atoms with Crippen molar-refractivity contribution in [3.8, 4) is 41.2 Å². The molecule has 1 heterocycles. The number of thiophene rings is 1. The van der Waals surface area contributed by atoms with Crippen molar-refractivity contribution in [2.45, 2.75) is 27.7 Å². The quantitative estimate of drug-likeness (QED) is 0.107. The molecule has 4 N–H and O–H groups in total. The maximum atomic E-state index is 13.5. The monoisotopic (exact) mass is 1360 g/mol. The molecule has 0 aliphatic carbocycles. The van der Waals surface area contributed by atoms with Crippen molar-refractivity contribution >= 4 is 146 Å². The molecule has 0 aliphatic heterocycles. The minimum Gasteiger partial charge on any atom is -0.492 e. The largest absolute Gasteiger partial charge is 0.492 e. The van der Waals surface area contributed by atoms with Crippen molar-refractivity contribution in [2.75, 3.05) is 32.2 Å². The summed E-state index contributed by atoms with van der Waals surface area (Å²) in [4.78, 5) is 11.8. The lowest BCUT2D eigenvalue weighted by Gasteiger charge is -2.09. The molecule has 0 saturated heterocycles. The van der Waals surface area contributed by atoms with E-state index in [1.165, 1.54) is 23.5 Å². The van der Waals surface area contributed by atoms with Crippen LogP contribution in [0.3, 0.4) is 0 Å². The van der Waals surface area contributed by atoms with Crippen LogP contribution in [0, 0.1) is 69.3 Å². The first-order chi connectivity index (χ1) is 27.1. The molecule has 0 atom stereocenters. The fourth-order valence-electron chi connectivity index (χ4n) is 4.43. The zero-order valence-corrected chi connectivity index (χ0v) is 41.9. The van der Waals surface area contributed by atoms with Crippen molar-refractivity contribution in [1.29, 1.82) is 15.8 Å². The number of hydrogen-bond donors (Lipinski definition) is 2. The van der Waals surface area contributed by atoms with Crippen molar-refractivity contribution < 1.29 is 36.9 Å². The molecule has 5 aromatic rings. The van der Waals surface area contributed by atoms with Gasteiger partial charge in [0.2, 0.25) is 0 Å². The lowest BCUT2D eigenvalue weighted by molar-refractivity contribution is 0.100. The van der Waals surface area contributed by atoms with Gasteiger partial charge in [0.15, 0.2) is 17.4 Å². The van der Waals surface area contributed by atoms with Crippen LogP contribution in [0.15, 0.2) is 42.5 Å². The summed E-state index contributed by atoms with van der Waals surface area (Å²) in [6.07, 6.45) is 0. The van der Waals surface area contributed by atoms with Gasteiger partial charge in [-0.25, -0.2) is 13.2 Å². The average molecular weight is 1360 g/mol. The molecule has 0 radical (unpaired) electrons. The van der Waals surface area contributed by atoms with Crippen LogP contribution in [0.25, 0.3) is 10.1 Å². The first-order valence-corrected chi connectivity index (χ1v) is 22.4. The summed E-state index contributed by atoms with van der Waals surface area (Å²) in [5.74, 6) is -0.359. The molecule has 1 amide bonds. The molecule has 0 unspecified atom stereocenters. The number of carbonyl (C=O) groups excluding carboxylic acids is 1. The zero-order chi connectivity index (χ0) is 43.0. The lowest BCUT2D eigenvalue weighted by Crippen LogP contribution is -2.10. The number of anilines is 1. The van der Waals surface area contributed by atoms with E-state index in [9.17, 15) is 18.0 Å². The van der Waals surface area contributed by atoms with Gasteiger partial charge in [0.1, 0.15) is 62.8 Å². The molecule has 19 heteroatoms. The van der Waals surface area contributed by atoms with Crippen LogP contribution in [0.1, 0.15) is 54.1 Å². The molecule has 5 rings (SSSR count). The Morgan fingerprint density at radius 2 is 1.16 bits per heavy atom. The van der Waals surface area contributed by atoms with Gasteiger partial charge in [-0.3, -0.25) is 4.79 Å². The van der Waals surface area contributed by atoms with Crippen molar-refractivity contribution in [3.05, 3.63) is 99.3 Å². The van der Waals surface area contributed by atoms with E-state index in [0.717, 1.165) is 26.5 Å². The number of nitriles is 3. The summed E-state index contributed by atoms with van der Waals surface area (Å²) < 4.78 is 65.2. The SMILES string of the molecule is CCOc1c(I)cc(I)c(F)c1C#N.CCOc1c(I)cc(I)c2sc(C(N)=O)c(N)c12.CCOc1ccc(I)c(F)c1C#N.CCOc1cccc(F)c1C#N. The van der Waals surface area contributed by atoms with E-state index in [1.807, 2.05) is 86.8 Å². The van der Waals surface area contributed by atoms with Crippen LogP contribution in [0.2, 0.25) is 0 Å². The second kappa shape index (κ2) is 25.0. The van der Waals surface area contributed by atoms with Gasteiger partial charge in [-0.05, 0) is 177 Å². The molecule has 0 spiro atoms. The van der Waals surface area contributed by atoms with Crippen molar-refractivity contribution in [3.63, 3.8) is 0 Å². The minimum atomic E-state index is -0.538. The number of nitrogen functional groups attached to an aromatic ring is 1. The lowest BCUT2D eigenvalue weighted by atomic mass is 10.2. The Bertz CT molecular complexity index is 2360. The van der Waals surface area contributed by atoms with Crippen LogP contribution < -0.4 is 30.4 Å². The van der Waals surface area contributed by atoms with Crippen LogP contribution in [0.5, 0.6) is 23.0 Å².